The lowest BCUT2D eigenvalue weighted by Gasteiger charge is -2.21. The smallest absolute Gasteiger partial charge is 0.240 e. The second kappa shape index (κ2) is 4.98. The Morgan fingerprint density at radius 3 is 2.72 bits per heavy atom. The summed E-state index contributed by atoms with van der Waals surface area (Å²) in [5, 5.41) is 3.02. The van der Waals surface area contributed by atoms with Crippen LogP contribution in [0.25, 0.3) is 0 Å². The molecular weight excluding hydrogens is 228 g/mol. The van der Waals surface area contributed by atoms with Crippen molar-refractivity contribution < 1.29 is 9.53 Å². The predicted octanol–water partition coefficient (Wildman–Crippen LogP) is 1.75. The zero-order valence-electron chi connectivity index (χ0n) is 10.9. The third-order valence-corrected chi connectivity index (χ3v) is 3.47. The van der Waals surface area contributed by atoms with Gasteiger partial charge < -0.3 is 15.8 Å². The largest absolute Gasteiger partial charge is 0.496 e. The van der Waals surface area contributed by atoms with Crippen LogP contribution >= 0.6 is 0 Å². The van der Waals surface area contributed by atoms with Crippen LogP contribution in [0.1, 0.15) is 37.8 Å². The first-order valence-electron chi connectivity index (χ1n) is 6.33. The number of ether oxygens (including phenoxy) is 1. The quantitative estimate of drug-likeness (QED) is 0.834. The van der Waals surface area contributed by atoms with E-state index >= 15 is 0 Å². The lowest BCUT2D eigenvalue weighted by atomic mass is 10.0. The van der Waals surface area contributed by atoms with Gasteiger partial charge in [-0.1, -0.05) is 25.1 Å². The normalized spacial score (nSPS) is 17.9. The molecular formula is C14H20N2O2. The van der Waals surface area contributed by atoms with E-state index in [1.54, 1.807) is 7.11 Å². The van der Waals surface area contributed by atoms with E-state index in [1.165, 1.54) is 0 Å². The Kier molecular flexibility index (Phi) is 3.57. The van der Waals surface area contributed by atoms with Gasteiger partial charge in [0.15, 0.2) is 0 Å². The first kappa shape index (κ1) is 12.9. The van der Waals surface area contributed by atoms with E-state index in [0.29, 0.717) is 0 Å². The molecule has 1 aromatic carbocycles. The molecule has 4 nitrogen and oxygen atoms in total. The van der Waals surface area contributed by atoms with Gasteiger partial charge in [0.2, 0.25) is 5.91 Å². The Labute approximate surface area is 108 Å². The van der Waals surface area contributed by atoms with Gasteiger partial charge in [0.25, 0.3) is 0 Å². The van der Waals surface area contributed by atoms with Gasteiger partial charge in [-0.25, -0.2) is 0 Å². The monoisotopic (exact) mass is 248 g/mol. The van der Waals surface area contributed by atoms with Gasteiger partial charge in [-0.3, -0.25) is 4.79 Å². The van der Waals surface area contributed by atoms with Crippen LogP contribution in [0, 0.1) is 0 Å². The SMILES string of the molecule is CCC(NC(=O)C1(N)CC1)c1ccccc1OC. The molecule has 1 aliphatic rings. The van der Waals surface area contributed by atoms with Crippen molar-refractivity contribution in [2.75, 3.05) is 7.11 Å². The lowest BCUT2D eigenvalue weighted by molar-refractivity contribution is -0.124. The van der Waals surface area contributed by atoms with E-state index in [2.05, 4.69) is 5.32 Å². The lowest BCUT2D eigenvalue weighted by Crippen LogP contribution is -2.44. The van der Waals surface area contributed by atoms with Gasteiger partial charge in [-0.2, -0.15) is 0 Å². The van der Waals surface area contributed by atoms with Gasteiger partial charge >= 0.3 is 0 Å². The van der Waals surface area contributed by atoms with E-state index in [1.807, 2.05) is 31.2 Å². The maximum Gasteiger partial charge on any atom is 0.240 e. The fourth-order valence-electron chi connectivity index (χ4n) is 2.02. The summed E-state index contributed by atoms with van der Waals surface area (Å²) in [5.74, 6) is 0.742. The molecule has 2 rings (SSSR count). The van der Waals surface area contributed by atoms with Crippen molar-refractivity contribution in [1.82, 2.24) is 5.32 Å². The van der Waals surface area contributed by atoms with E-state index < -0.39 is 5.54 Å². The summed E-state index contributed by atoms with van der Waals surface area (Å²) in [6, 6.07) is 7.70. The minimum absolute atomic E-state index is 0.0466. The zero-order chi connectivity index (χ0) is 13.2. The molecule has 0 spiro atoms. The van der Waals surface area contributed by atoms with Gasteiger partial charge in [-0.05, 0) is 25.3 Å². The number of hydrogen-bond acceptors (Lipinski definition) is 3. The highest BCUT2D eigenvalue weighted by molar-refractivity contribution is 5.89. The predicted molar refractivity (Wildman–Crippen MR) is 70.3 cm³/mol. The summed E-state index contributed by atoms with van der Waals surface area (Å²) >= 11 is 0. The molecule has 1 aliphatic carbocycles. The van der Waals surface area contributed by atoms with Crippen LogP contribution in [-0.4, -0.2) is 18.6 Å². The van der Waals surface area contributed by atoms with Crippen molar-refractivity contribution >= 4 is 5.91 Å². The summed E-state index contributed by atoms with van der Waals surface area (Å²) in [4.78, 5) is 12.0. The molecule has 0 saturated heterocycles. The molecule has 4 heteroatoms. The molecule has 0 radical (unpaired) electrons. The van der Waals surface area contributed by atoms with Crippen LogP contribution in [0.3, 0.4) is 0 Å². The molecule has 1 aromatic rings. The van der Waals surface area contributed by atoms with Crippen LogP contribution in [0.15, 0.2) is 24.3 Å². The first-order chi connectivity index (χ1) is 8.60. The van der Waals surface area contributed by atoms with Crippen molar-refractivity contribution in [2.24, 2.45) is 5.73 Å². The Hall–Kier alpha value is -1.55. The zero-order valence-corrected chi connectivity index (χ0v) is 10.9. The number of rotatable bonds is 5. The van der Waals surface area contributed by atoms with E-state index in [0.717, 1.165) is 30.6 Å². The maximum atomic E-state index is 12.0. The number of para-hydroxylation sites is 1. The molecule has 98 valence electrons. The first-order valence-corrected chi connectivity index (χ1v) is 6.33. The van der Waals surface area contributed by atoms with Crippen LogP contribution in [-0.2, 0) is 4.79 Å². The summed E-state index contributed by atoms with van der Waals surface area (Å²) in [6.07, 6.45) is 2.37. The third-order valence-electron chi connectivity index (χ3n) is 3.47. The second-order valence-electron chi connectivity index (χ2n) is 4.83. The standard InChI is InChI=1S/C14H20N2O2/c1-3-11(16-13(17)14(15)8-9-14)10-6-4-5-7-12(10)18-2/h4-7,11H,3,8-9,15H2,1-2H3,(H,16,17). The number of carbonyl (C=O) groups excluding carboxylic acids is 1. The van der Waals surface area contributed by atoms with E-state index in [4.69, 9.17) is 10.5 Å². The number of benzene rings is 1. The molecule has 1 fully saturated rings. The minimum atomic E-state index is -0.630. The van der Waals surface area contributed by atoms with Crippen LogP contribution in [0.2, 0.25) is 0 Å². The highest BCUT2D eigenvalue weighted by Gasteiger charge is 2.46. The number of amides is 1. The molecule has 0 bridgehead atoms. The summed E-state index contributed by atoms with van der Waals surface area (Å²) in [5.41, 5.74) is 6.27. The summed E-state index contributed by atoms with van der Waals surface area (Å²) in [7, 11) is 1.64. The molecule has 0 heterocycles. The Balaban J connectivity index is 2.15. The fraction of sp³-hybridized carbons (Fsp3) is 0.500. The summed E-state index contributed by atoms with van der Waals surface area (Å²) < 4.78 is 5.33. The Morgan fingerprint density at radius 1 is 1.50 bits per heavy atom. The average molecular weight is 248 g/mol. The highest BCUT2D eigenvalue weighted by atomic mass is 16.5. The number of hydrogen-bond donors (Lipinski definition) is 2. The number of nitrogens with two attached hydrogens (primary N) is 1. The highest BCUT2D eigenvalue weighted by Crippen LogP contribution is 2.34. The van der Waals surface area contributed by atoms with Crippen molar-refractivity contribution in [3.63, 3.8) is 0 Å². The minimum Gasteiger partial charge on any atom is -0.496 e. The van der Waals surface area contributed by atoms with Gasteiger partial charge in [0.1, 0.15) is 5.75 Å². The molecule has 1 atom stereocenters. The molecule has 1 saturated carbocycles. The number of methoxy groups -OCH3 is 1. The van der Waals surface area contributed by atoms with Gasteiger partial charge in [0.05, 0.1) is 18.7 Å². The average Bonchev–Trinajstić information content (AvgIpc) is 3.15. The van der Waals surface area contributed by atoms with E-state index in [-0.39, 0.29) is 11.9 Å². The van der Waals surface area contributed by atoms with Crippen LogP contribution in [0.5, 0.6) is 5.75 Å². The third kappa shape index (κ3) is 2.48. The van der Waals surface area contributed by atoms with E-state index in [9.17, 15) is 4.79 Å². The van der Waals surface area contributed by atoms with Crippen molar-refractivity contribution in [3.05, 3.63) is 29.8 Å². The van der Waals surface area contributed by atoms with Crippen LogP contribution in [0.4, 0.5) is 0 Å². The topological polar surface area (TPSA) is 64.4 Å². The van der Waals surface area contributed by atoms with Crippen LogP contribution < -0.4 is 15.8 Å². The Bertz CT molecular complexity index is 441. The number of carbonyl (C=O) groups is 1. The van der Waals surface area contributed by atoms with Gasteiger partial charge in [0, 0.05) is 5.56 Å². The second-order valence-corrected chi connectivity index (χ2v) is 4.83. The molecule has 0 aliphatic heterocycles. The van der Waals surface area contributed by atoms with Gasteiger partial charge in [-0.15, -0.1) is 0 Å². The molecule has 1 amide bonds. The van der Waals surface area contributed by atoms with Crippen molar-refractivity contribution in [3.8, 4) is 5.75 Å². The van der Waals surface area contributed by atoms with Crippen molar-refractivity contribution in [1.29, 1.82) is 0 Å². The molecule has 18 heavy (non-hydrogen) atoms. The van der Waals surface area contributed by atoms with Crippen molar-refractivity contribution in [2.45, 2.75) is 37.8 Å². The summed E-state index contributed by atoms with van der Waals surface area (Å²) in [6.45, 7) is 2.04. The molecule has 3 N–H and O–H groups in total. The maximum absolute atomic E-state index is 12.0. The fourth-order valence-corrected chi connectivity index (χ4v) is 2.02. The molecule has 0 aromatic heterocycles. The molecule has 1 unspecified atom stereocenters. The Morgan fingerprint density at radius 2 is 2.17 bits per heavy atom. The number of nitrogens with one attached hydrogen (secondary N) is 1.